The van der Waals surface area contributed by atoms with Crippen LogP contribution in [0.3, 0.4) is 0 Å². The molecule has 3 aromatic rings. The molecule has 0 aliphatic carbocycles. The third kappa shape index (κ3) is 5.28. The molecule has 1 saturated heterocycles. The number of nitrogens with zero attached hydrogens (tertiary/aromatic N) is 3. The van der Waals surface area contributed by atoms with Crippen LogP contribution < -0.4 is 15.8 Å². The molecule has 0 spiro atoms. The number of anilines is 2. The molecule has 2 aromatic carbocycles. The Kier molecular flexibility index (Phi) is 7.32. The van der Waals surface area contributed by atoms with Crippen molar-refractivity contribution in [3.8, 4) is 11.3 Å². The van der Waals surface area contributed by atoms with Crippen LogP contribution in [0.2, 0.25) is 0 Å². The van der Waals surface area contributed by atoms with Crippen molar-refractivity contribution >= 4 is 27.3 Å². The summed E-state index contributed by atoms with van der Waals surface area (Å²) in [5.74, 6) is -0.393. The molecule has 35 heavy (non-hydrogen) atoms. The number of rotatable bonds is 8. The van der Waals surface area contributed by atoms with Gasteiger partial charge in [-0.3, -0.25) is 9.59 Å². The van der Waals surface area contributed by atoms with Crippen LogP contribution in [0.1, 0.15) is 37.0 Å². The first-order valence-electron chi connectivity index (χ1n) is 11.7. The van der Waals surface area contributed by atoms with Crippen molar-refractivity contribution in [1.29, 1.82) is 0 Å². The van der Waals surface area contributed by atoms with Gasteiger partial charge in [0.15, 0.2) is 0 Å². The van der Waals surface area contributed by atoms with Gasteiger partial charge in [0, 0.05) is 49.2 Å². The minimum atomic E-state index is -3.72. The van der Waals surface area contributed by atoms with Gasteiger partial charge in [-0.2, -0.15) is 9.40 Å². The van der Waals surface area contributed by atoms with Crippen molar-refractivity contribution in [2.24, 2.45) is 0 Å². The van der Waals surface area contributed by atoms with E-state index in [1.165, 1.54) is 16.4 Å². The molecule has 1 amide bonds. The van der Waals surface area contributed by atoms with Crippen molar-refractivity contribution in [3.05, 3.63) is 70.5 Å². The van der Waals surface area contributed by atoms with Crippen molar-refractivity contribution < 1.29 is 13.2 Å². The predicted octanol–water partition coefficient (Wildman–Crippen LogP) is 3.32. The van der Waals surface area contributed by atoms with Crippen LogP contribution in [0.5, 0.6) is 0 Å². The highest BCUT2D eigenvalue weighted by Gasteiger charge is 2.26. The molecule has 0 atom stereocenters. The highest BCUT2D eigenvalue weighted by atomic mass is 32.2. The third-order valence-corrected chi connectivity index (χ3v) is 8.14. The number of hydrogen-bond donors (Lipinski definition) is 2. The van der Waals surface area contributed by atoms with Crippen LogP contribution in [0.4, 0.5) is 11.4 Å². The molecule has 1 fully saturated rings. The van der Waals surface area contributed by atoms with E-state index in [1.807, 2.05) is 6.07 Å². The molecule has 0 unspecified atom stereocenters. The molecule has 1 aromatic heterocycles. The van der Waals surface area contributed by atoms with Gasteiger partial charge in [-0.15, -0.1) is 0 Å². The van der Waals surface area contributed by atoms with Crippen LogP contribution in [-0.4, -0.2) is 55.0 Å². The van der Waals surface area contributed by atoms with Crippen LogP contribution in [0, 0.1) is 0 Å². The zero-order chi connectivity index (χ0) is 25.0. The van der Waals surface area contributed by atoms with E-state index in [0.29, 0.717) is 30.0 Å². The Balaban J connectivity index is 1.69. The smallest absolute Gasteiger partial charge is 0.264 e. The summed E-state index contributed by atoms with van der Waals surface area (Å²) in [6, 6.07) is 14.9. The highest BCUT2D eigenvalue weighted by molar-refractivity contribution is 7.89. The molecule has 0 bridgehead atoms. The second-order valence-corrected chi connectivity index (χ2v) is 10.2. The van der Waals surface area contributed by atoms with Gasteiger partial charge in [0.05, 0.1) is 16.2 Å². The molecule has 10 heteroatoms. The van der Waals surface area contributed by atoms with Gasteiger partial charge in [-0.05, 0) is 49.2 Å². The fourth-order valence-electron chi connectivity index (χ4n) is 4.26. The van der Waals surface area contributed by atoms with Crippen LogP contribution in [0.15, 0.2) is 64.3 Å². The van der Waals surface area contributed by atoms with E-state index in [1.54, 1.807) is 50.2 Å². The quantitative estimate of drug-likeness (QED) is 0.495. The van der Waals surface area contributed by atoms with Crippen molar-refractivity contribution in [2.75, 3.05) is 36.4 Å². The highest BCUT2D eigenvalue weighted by Crippen LogP contribution is 2.30. The van der Waals surface area contributed by atoms with Crippen molar-refractivity contribution in [3.63, 3.8) is 0 Å². The number of benzene rings is 2. The van der Waals surface area contributed by atoms with E-state index < -0.39 is 15.9 Å². The van der Waals surface area contributed by atoms with Gasteiger partial charge in [-0.1, -0.05) is 26.0 Å². The molecule has 0 saturated carbocycles. The molecule has 9 nitrogen and oxygen atoms in total. The molecular formula is C25H29N5O4S. The van der Waals surface area contributed by atoms with Crippen molar-refractivity contribution in [2.45, 2.75) is 31.6 Å². The average Bonchev–Trinajstić information content (AvgIpc) is 3.40. The largest absolute Gasteiger partial charge is 0.371 e. The lowest BCUT2D eigenvalue weighted by Crippen LogP contribution is -2.31. The van der Waals surface area contributed by atoms with Gasteiger partial charge in [0.25, 0.3) is 11.5 Å². The van der Waals surface area contributed by atoms with E-state index in [4.69, 9.17) is 0 Å². The second-order valence-electron chi connectivity index (χ2n) is 8.30. The lowest BCUT2D eigenvalue weighted by atomic mass is 10.1. The predicted molar refractivity (Wildman–Crippen MR) is 136 cm³/mol. The van der Waals surface area contributed by atoms with E-state index >= 15 is 0 Å². The number of aromatic nitrogens is 2. The number of aromatic amines is 1. The van der Waals surface area contributed by atoms with Crippen LogP contribution in [-0.2, 0) is 10.0 Å². The Morgan fingerprint density at radius 2 is 1.80 bits per heavy atom. The fourth-order valence-corrected chi connectivity index (χ4v) is 5.75. The number of amides is 1. The fraction of sp³-hybridized carbons (Fsp3) is 0.320. The first-order chi connectivity index (χ1) is 16.8. The van der Waals surface area contributed by atoms with Gasteiger partial charge in [0.1, 0.15) is 0 Å². The molecule has 1 aliphatic rings. The lowest BCUT2D eigenvalue weighted by Gasteiger charge is -2.23. The Bertz CT molecular complexity index is 1360. The summed E-state index contributed by atoms with van der Waals surface area (Å²) in [5, 5.41) is 9.34. The summed E-state index contributed by atoms with van der Waals surface area (Å²) in [5.41, 5.74) is 2.55. The summed E-state index contributed by atoms with van der Waals surface area (Å²) in [4.78, 5) is 27.0. The molecule has 4 rings (SSSR count). The normalized spacial score (nSPS) is 13.9. The Hall–Kier alpha value is -3.50. The number of carbonyl (C=O) groups is 1. The number of hydrogen-bond acceptors (Lipinski definition) is 6. The molecule has 2 N–H and O–H groups in total. The lowest BCUT2D eigenvalue weighted by molar-refractivity contribution is 0.102. The van der Waals surface area contributed by atoms with E-state index in [2.05, 4.69) is 20.4 Å². The maximum atomic E-state index is 13.5. The molecule has 0 radical (unpaired) electrons. The standard InChI is InChI=1S/C25H29N5O4S/c1-3-30(4-2)35(33,34)20-10-12-23(29-14-5-6-15-29)21(17-20)25(32)26-19-9-7-8-18(16-19)22-11-13-24(31)28-27-22/h7-13,16-17H,3-6,14-15H2,1-2H3,(H,26,32)(H,28,31). The van der Waals surface area contributed by atoms with E-state index in [9.17, 15) is 18.0 Å². The third-order valence-electron chi connectivity index (χ3n) is 6.10. The zero-order valence-electron chi connectivity index (χ0n) is 19.8. The molecular weight excluding hydrogens is 466 g/mol. The molecule has 2 heterocycles. The van der Waals surface area contributed by atoms with Crippen LogP contribution in [0.25, 0.3) is 11.3 Å². The summed E-state index contributed by atoms with van der Waals surface area (Å²) in [7, 11) is -3.72. The number of H-pyrrole nitrogens is 1. The summed E-state index contributed by atoms with van der Waals surface area (Å²) < 4.78 is 27.6. The summed E-state index contributed by atoms with van der Waals surface area (Å²) >= 11 is 0. The zero-order valence-corrected chi connectivity index (χ0v) is 20.6. The molecule has 184 valence electrons. The van der Waals surface area contributed by atoms with Gasteiger partial charge in [-0.25, -0.2) is 13.5 Å². The molecule has 1 aliphatic heterocycles. The Morgan fingerprint density at radius 3 is 2.46 bits per heavy atom. The van der Waals surface area contributed by atoms with Gasteiger partial charge >= 0.3 is 0 Å². The first-order valence-corrected chi connectivity index (χ1v) is 13.1. The average molecular weight is 496 g/mol. The van der Waals surface area contributed by atoms with Crippen LogP contribution >= 0.6 is 0 Å². The Morgan fingerprint density at radius 1 is 1.06 bits per heavy atom. The maximum Gasteiger partial charge on any atom is 0.264 e. The summed E-state index contributed by atoms with van der Waals surface area (Å²) in [6.45, 7) is 5.90. The maximum absolute atomic E-state index is 13.5. The minimum absolute atomic E-state index is 0.0977. The number of sulfonamides is 1. The van der Waals surface area contributed by atoms with Gasteiger partial charge < -0.3 is 10.2 Å². The van der Waals surface area contributed by atoms with E-state index in [0.717, 1.165) is 37.2 Å². The second kappa shape index (κ2) is 10.4. The van der Waals surface area contributed by atoms with Crippen molar-refractivity contribution in [1.82, 2.24) is 14.5 Å². The first kappa shape index (κ1) is 24.6. The Labute approximate surface area is 204 Å². The topological polar surface area (TPSA) is 115 Å². The monoisotopic (exact) mass is 495 g/mol. The minimum Gasteiger partial charge on any atom is -0.371 e. The van der Waals surface area contributed by atoms with E-state index in [-0.39, 0.29) is 10.5 Å². The summed E-state index contributed by atoms with van der Waals surface area (Å²) in [6.07, 6.45) is 2.05. The van der Waals surface area contributed by atoms with Gasteiger partial charge in [0.2, 0.25) is 10.0 Å². The number of carbonyl (C=O) groups excluding carboxylic acids is 1. The number of nitrogens with one attached hydrogen (secondary N) is 2. The SMILES string of the molecule is CCN(CC)S(=O)(=O)c1ccc(N2CCCC2)c(C(=O)Nc2cccc(-c3ccc(=O)[nH]n3)c2)c1.